The molecule has 0 saturated carbocycles. The molecule has 1 atom stereocenters. The summed E-state index contributed by atoms with van der Waals surface area (Å²) in [6, 6.07) is 0. The van der Waals surface area contributed by atoms with Crippen LogP contribution in [0.5, 0.6) is 0 Å². The Bertz CT molecular complexity index is 661. The lowest BCUT2D eigenvalue weighted by Gasteiger charge is -2.26. The maximum atomic E-state index is 11.8. The summed E-state index contributed by atoms with van der Waals surface area (Å²) in [5.74, 6) is 0.371. The van der Waals surface area contributed by atoms with Gasteiger partial charge in [-0.15, -0.1) is 11.3 Å². The molecule has 20 heavy (non-hydrogen) atoms. The zero-order valence-electron chi connectivity index (χ0n) is 11.7. The molecule has 3 heterocycles. The van der Waals surface area contributed by atoms with Gasteiger partial charge in [0.15, 0.2) is 0 Å². The number of aryl methyl sites for hydroxylation is 1. The lowest BCUT2D eigenvalue weighted by Crippen LogP contribution is -2.41. The van der Waals surface area contributed by atoms with E-state index in [1.807, 2.05) is 11.3 Å². The number of Topliss-reactive ketones (excluding diaryl/α,β-unsaturated/α-hetero) is 1. The molecule has 1 aromatic heterocycles. The van der Waals surface area contributed by atoms with Gasteiger partial charge in [-0.05, 0) is 37.7 Å². The van der Waals surface area contributed by atoms with Crippen molar-refractivity contribution in [3.8, 4) is 0 Å². The molecular weight excluding hydrogens is 268 g/mol. The summed E-state index contributed by atoms with van der Waals surface area (Å²) >= 11 is 1.88. The van der Waals surface area contributed by atoms with Crippen LogP contribution < -0.4 is 9.89 Å². The third kappa shape index (κ3) is 2.10. The van der Waals surface area contributed by atoms with E-state index in [-0.39, 0.29) is 6.17 Å². The second-order valence-electron chi connectivity index (χ2n) is 6.11. The minimum Gasteiger partial charge on any atom is -0.355 e. The molecule has 0 N–H and O–H groups in total. The van der Waals surface area contributed by atoms with Crippen LogP contribution in [-0.4, -0.2) is 23.4 Å². The molecule has 3 aliphatic rings. The Balaban J connectivity index is 1.82. The van der Waals surface area contributed by atoms with Crippen molar-refractivity contribution < 1.29 is 4.79 Å². The van der Waals surface area contributed by atoms with E-state index < -0.39 is 0 Å². The summed E-state index contributed by atoms with van der Waals surface area (Å²) < 4.78 is 1.19. The summed E-state index contributed by atoms with van der Waals surface area (Å²) in [6.07, 6.45) is 11.1. The second kappa shape index (κ2) is 4.99. The van der Waals surface area contributed by atoms with Gasteiger partial charge in [-0.25, -0.2) is 4.99 Å². The van der Waals surface area contributed by atoms with Crippen molar-refractivity contribution in [3.05, 3.63) is 20.3 Å². The Morgan fingerprint density at radius 1 is 1.15 bits per heavy atom. The largest absolute Gasteiger partial charge is 0.355 e. The van der Waals surface area contributed by atoms with Crippen LogP contribution in [0.4, 0.5) is 0 Å². The number of fused-ring (bicyclic) bond motifs is 4. The average Bonchev–Trinajstić information content (AvgIpc) is 2.60. The molecule has 1 aromatic rings. The number of hydrogen-bond donors (Lipinski definition) is 0. The average molecular weight is 288 g/mol. The van der Waals surface area contributed by atoms with Gasteiger partial charge in [0.05, 0.1) is 0 Å². The van der Waals surface area contributed by atoms with E-state index in [1.165, 1.54) is 42.0 Å². The van der Waals surface area contributed by atoms with Crippen molar-refractivity contribution in [1.82, 2.24) is 4.90 Å². The topological polar surface area (TPSA) is 32.7 Å². The molecule has 0 radical (unpaired) electrons. The highest BCUT2D eigenvalue weighted by molar-refractivity contribution is 7.09. The van der Waals surface area contributed by atoms with E-state index in [0.29, 0.717) is 12.2 Å². The van der Waals surface area contributed by atoms with Crippen molar-refractivity contribution in [1.29, 1.82) is 0 Å². The first-order valence-electron chi connectivity index (χ1n) is 7.79. The fraction of sp³-hybridized carbons (Fsp3) is 0.625. The van der Waals surface area contributed by atoms with Gasteiger partial charge in [0.25, 0.3) is 0 Å². The fourth-order valence-electron chi connectivity index (χ4n) is 3.58. The van der Waals surface area contributed by atoms with Crippen LogP contribution in [0, 0.1) is 0 Å². The maximum Gasteiger partial charge on any atom is 0.136 e. The third-order valence-corrected chi connectivity index (χ3v) is 5.88. The summed E-state index contributed by atoms with van der Waals surface area (Å²) in [4.78, 5) is 20.6. The lowest BCUT2D eigenvalue weighted by molar-refractivity contribution is -0.119. The zero-order valence-corrected chi connectivity index (χ0v) is 12.5. The highest BCUT2D eigenvalue weighted by Crippen LogP contribution is 2.23. The third-order valence-electron chi connectivity index (χ3n) is 4.67. The molecule has 4 heteroatoms. The Hall–Kier alpha value is -1.16. The van der Waals surface area contributed by atoms with Crippen LogP contribution in [0.1, 0.15) is 49.0 Å². The van der Waals surface area contributed by atoms with E-state index >= 15 is 0 Å². The van der Waals surface area contributed by atoms with Gasteiger partial charge in [0.1, 0.15) is 16.6 Å². The van der Waals surface area contributed by atoms with Crippen LogP contribution in [0.25, 0.3) is 6.20 Å². The van der Waals surface area contributed by atoms with E-state index in [1.54, 1.807) is 10.4 Å². The number of carbonyl (C=O) groups is 1. The highest BCUT2D eigenvalue weighted by atomic mass is 32.1. The molecule has 1 fully saturated rings. The molecule has 0 aromatic carbocycles. The van der Waals surface area contributed by atoms with Gasteiger partial charge in [0, 0.05) is 35.7 Å². The second-order valence-corrected chi connectivity index (χ2v) is 7.19. The fourth-order valence-corrected chi connectivity index (χ4v) is 4.86. The normalized spacial score (nSPS) is 25.5. The molecule has 1 unspecified atom stereocenters. The van der Waals surface area contributed by atoms with Crippen LogP contribution in [0.15, 0.2) is 4.99 Å². The number of thiophene rings is 1. The predicted molar refractivity (Wildman–Crippen MR) is 80.2 cm³/mol. The quantitative estimate of drug-likeness (QED) is 0.682. The first kappa shape index (κ1) is 12.6. The zero-order chi connectivity index (χ0) is 13.5. The first-order chi connectivity index (χ1) is 9.81. The summed E-state index contributed by atoms with van der Waals surface area (Å²) in [6.45, 7) is 0.976. The maximum absolute atomic E-state index is 11.8. The van der Waals surface area contributed by atoms with E-state index in [9.17, 15) is 4.79 Å². The Kier molecular flexibility index (Phi) is 3.14. The molecule has 3 nitrogen and oxygen atoms in total. The van der Waals surface area contributed by atoms with Gasteiger partial charge in [-0.3, -0.25) is 4.79 Å². The van der Waals surface area contributed by atoms with Crippen LogP contribution >= 0.6 is 11.3 Å². The first-order valence-corrected chi connectivity index (χ1v) is 8.60. The molecule has 106 valence electrons. The van der Waals surface area contributed by atoms with E-state index in [2.05, 4.69) is 11.1 Å². The number of ketones is 1. The molecule has 0 amide bonds. The number of hydrogen-bond acceptors (Lipinski definition) is 4. The van der Waals surface area contributed by atoms with Crippen molar-refractivity contribution >= 4 is 23.3 Å². The molecular formula is C16H20N2OS. The molecule has 1 saturated heterocycles. The molecule has 0 bridgehead atoms. The number of nitrogens with zero attached hydrogens (tertiary/aromatic N) is 2. The standard InChI is InChI=1S/C16H20N2OS/c19-11-5-4-8-18-10-13-12-6-2-1-3-7-14(12)20-16(13)17-15(18)9-11/h10,15H,1-9H2. The summed E-state index contributed by atoms with van der Waals surface area (Å²) in [7, 11) is 0. The van der Waals surface area contributed by atoms with Gasteiger partial charge in [0.2, 0.25) is 0 Å². The van der Waals surface area contributed by atoms with Crippen LogP contribution in [0.3, 0.4) is 0 Å². The van der Waals surface area contributed by atoms with Crippen molar-refractivity contribution in [2.75, 3.05) is 6.54 Å². The van der Waals surface area contributed by atoms with E-state index in [4.69, 9.17) is 4.99 Å². The number of rotatable bonds is 0. The monoisotopic (exact) mass is 288 g/mol. The van der Waals surface area contributed by atoms with Gasteiger partial charge in [-0.2, -0.15) is 0 Å². The van der Waals surface area contributed by atoms with Gasteiger partial charge >= 0.3 is 0 Å². The van der Waals surface area contributed by atoms with E-state index in [0.717, 1.165) is 19.4 Å². The summed E-state index contributed by atoms with van der Waals surface area (Å²) in [5, 5.41) is 1.37. The minimum atomic E-state index is 0.0693. The number of carbonyl (C=O) groups excluding carboxylic acids is 1. The minimum absolute atomic E-state index is 0.0693. The Labute approximate surface area is 123 Å². The van der Waals surface area contributed by atoms with Crippen LogP contribution in [-0.2, 0) is 17.6 Å². The van der Waals surface area contributed by atoms with Crippen molar-refractivity contribution in [2.45, 2.75) is 57.5 Å². The lowest BCUT2D eigenvalue weighted by atomic mass is 10.1. The van der Waals surface area contributed by atoms with Gasteiger partial charge < -0.3 is 4.90 Å². The molecule has 0 spiro atoms. The SMILES string of the molecule is O=C1CCCN2C=c3c4c(sc3=NC2C1)CCCCC4. The smallest absolute Gasteiger partial charge is 0.136 e. The highest BCUT2D eigenvalue weighted by Gasteiger charge is 2.26. The van der Waals surface area contributed by atoms with Crippen molar-refractivity contribution in [2.24, 2.45) is 4.99 Å². The van der Waals surface area contributed by atoms with Crippen molar-refractivity contribution in [3.63, 3.8) is 0 Å². The molecule has 4 rings (SSSR count). The molecule has 2 aliphatic heterocycles. The van der Waals surface area contributed by atoms with Crippen LogP contribution in [0.2, 0.25) is 0 Å². The Morgan fingerprint density at radius 2 is 2.05 bits per heavy atom. The Morgan fingerprint density at radius 3 is 3.00 bits per heavy atom. The molecule has 1 aliphatic carbocycles. The van der Waals surface area contributed by atoms with Gasteiger partial charge in [-0.1, -0.05) is 6.42 Å². The summed E-state index contributed by atoms with van der Waals surface area (Å²) in [5.41, 5.74) is 1.56. The predicted octanol–water partition coefficient (Wildman–Crippen LogP) is 1.77.